The Morgan fingerprint density at radius 3 is 2.85 bits per heavy atom. The van der Waals surface area contributed by atoms with Gasteiger partial charge >= 0.3 is 0 Å². The monoisotopic (exact) mass is 268 g/mol. The molecule has 0 atom stereocenters. The minimum absolute atomic E-state index is 0.189. The molecule has 0 unspecified atom stereocenters. The number of nitrogens with zero attached hydrogens (tertiary/aromatic N) is 1. The summed E-state index contributed by atoms with van der Waals surface area (Å²) in [6, 6.07) is 8.36. The minimum atomic E-state index is -0.389. The number of nitrogens with one attached hydrogen (secondary N) is 3. The number of carbonyl (C=O) groups is 1. The molecule has 1 amide bonds. The molecule has 2 heterocycles. The largest absolute Gasteiger partial charge is 0.350 e. The normalized spacial score (nSPS) is 10.7. The van der Waals surface area contributed by atoms with Crippen LogP contribution in [0.2, 0.25) is 0 Å². The number of H-pyrrole nitrogens is 2. The van der Waals surface area contributed by atoms with Crippen molar-refractivity contribution in [2.24, 2.45) is 0 Å². The van der Waals surface area contributed by atoms with Gasteiger partial charge in [0, 0.05) is 22.5 Å². The zero-order valence-electron chi connectivity index (χ0n) is 10.7. The zero-order valence-corrected chi connectivity index (χ0v) is 10.7. The van der Waals surface area contributed by atoms with Gasteiger partial charge in [-0.2, -0.15) is 5.10 Å². The number of amides is 1. The minimum Gasteiger partial charge on any atom is -0.350 e. The lowest BCUT2D eigenvalue weighted by Crippen LogP contribution is -2.17. The van der Waals surface area contributed by atoms with E-state index >= 15 is 0 Å². The SMILES string of the molecule is Cc1cn[nH]c1NC(=O)c1cc(=O)c2ccccc2[nH]1. The third-order valence-corrected chi connectivity index (χ3v) is 3.05. The molecule has 0 spiro atoms. The molecular weight excluding hydrogens is 256 g/mol. The van der Waals surface area contributed by atoms with Crippen LogP contribution in [0.5, 0.6) is 0 Å². The zero-order chi connectivity index (χ0) is 14.1. The van der Waals surface area contributed by atoms with Gasteiger partial charge < -0.3 is 10.3 Å². The van der Waals surface area contributed by atoms with Crippen molar-refractivity contribution < 1.29 is 4.79 Å². The molecule has 0 saturated heterocycles. The Hall–Kier alpha value is -2.89. The van der Waals surface area contributed by atoms with Gasteiger partial charge in [-0.25, -0.2) is 0 Å². The van der Waals surface area contributed by atoms with Gasteiger partial charge in [0.1, 0.15) is 11.5 Å². The first kappa shape index (κ1) is 12.2. The number of aromatic amines is 2. The fourth-order valence-corrected chi connectivity index (χ4v) is 1.97. The summed E-state index contributed by atoms with van der Waals surface area (Å²) in [6.07, 6.45) is 1.61. The van der Waals surface area contributed by atoms with Crippen molar-refractivity contribution in [2.75, 3.05) is 5.32 Å². The van der Waals surface area contributed by atoms with E-state index in [0.29, 0.717) is 16.7 Å². The molecule has 0 fully saturated rings. The molecule has 6 heteroatoms. The highest BCUT2D eigenvalue weighted by molar-refractivity contribution is 6.03. The Morgan fingerprint density at radius 1 is 1.30 bits per heavy atom. The van der Waals surface area contributed by atoms with Crippen LogP contribution in [0.3, 0.4) is 0 Å². The molecule has 0 saturated carbocycles. The van der Waals surface area contributed by atoms with E-state index in [-0.39, 0.29) is 17.0 Å². The highest BCUT2D eigenvalue weighted by Crippen LogP contribution is 2.11. The molecule has 0 bridgehead atoms. The molecule has 3 N–H and O–H groups in total. The van der Waals surface area contributed by atoms with Crippen LogP contribution in [0, 0.1) is 6.92 Å². The molecule has 1 aromatic carbocycles. The first-order valence-electron chi connectivity index (χ1n) is 6.08. The van der Waals surface area contributed by atoms with Crippen LogP contribution in [0.1, 0.15) is 16.1 Å². The third-order valence-electron chi connectivity index (χ3n) is 3.05. The van der Waals surface area contributed by atoms with Gasteiger partial charge in [-0.3, -0.25) is 14.7 Å². The molecule has 0 aliphatic carbocycles. The van der Waals surface area contributed by atoms with Crippen molar-refractivity contribution in [1.29, 1.82) is 0 Å². The fraction of sp³-hybridized carbons (Fsp3) is 0.0714. The highest BCUT2D eigenvalue weighted by Gasteiger charge is 2.11. The van der Waals surface area contributed by atoms with Gasteiger partial charge in [0.25, 0.3) is 5.91 Å². The second-order valence-electron chi connectivity index (χ2n) is 4.47. The van der Waals surface area contributed by atoms with Crippen LogP contribution in [-0.4, -0.2) is 21.1 Å². The van der Waals surface area contributed by atoms with E-state index in [1.54, 1.807) is 30.5 Å². The van der Waals surface area contributed by atoms with Gasteiger partial charge in [0.2, 0.25) is 0 Å². The van der Waals surface area contributed by atoms with Crippen LogP contribution in [0.4, 0.5) is 5.82 Å². The summed E-state index contributed by atoms with van der Waals surface area (Å²) in [7, 11) is 0. The maximum atomic E-state index is 12.1. The number of benzene rings is 1. The summed E-state index contributed by atoms with van der Waals surface area (Å²) in [4.78, 5) is 27.0. The lowest BCUT2D eigenvalue weighted by Gasteiger charge is -2.05. The Balaban J connectivity index is 2.00. The standard InChI is InChI=1S/C14H12N4O2/c1-8-7-15-18-13(8)17-14(20)11-6-12(19)9-4-2-3-5-10(9)16-11/h2-7H,1H3,(H,16,19)(H2,15,17,18,20). The topological polar surface area (TPSA) is 90.6 Å². The number of hydrogen-bond acceptors (Lipinski definition) is 3. The lowest BCUT2D eigenvalue weighted by atomic mass is 10.2. The van der Waals surface area contributed by atoms with Crippen molar-refractivity contribution in [2.45, 2.75) is 6.92 Å². The molecule has 100 valence electrons. The molecule has 20 heavy (non-hydrogen) atoms. The Kier molecular flexibility index (Phi) is 2.83. The van der Waals surface area contributed by atoms with E-state index in [2.05, 4.69) is 20.5 Å². The lowest BCUT2D eigenvalue weighted by molar-refractivity contribution is 0.102. The number of rotatable bonds is 2. The summed E-state index contributed by atoms with van der Waals surface area (Å²) in [5, 5.41) is 9.74. The van der Waals surface area contributed by atoms with Crippen LogP contribution < -0.4 is 10.7 Å². The second-order valence-corrected chi connectivity index (χ2v) is 4.47. The summed E-state index contributed by atoms with van der Waals surface area (Å²) in [6.45, 7) is 1.82. The second kappa shape index (κ2) is 4.65. The van der Waals surface area contributed by atoms with Gasteiger partial charge in [-0.15, -0.1) is 0 Å². The third kappa shape index (κ3) is 2.07. The van der Waals surface area contributed by atoms with E-state index < -0.39 is 0 Å². The Morgan fingerprint density at radius 2 is 2.10 bits per heavy atom. The quantitative estimate of drug-likeness (QED) is 0.662. The number of fused-ring (bicyclic) bond motifs is 1. The Bertz CT molecular complexity index is 848. The van der Waals surface area contributed by atoms with Crippen LogP contribution in [-0.2, 0) is 0 Å². The summed E-state index contributed by atoms with van der Waals surface area (Å²) in [5.41, 5.74) is 1.47. The maximum absolute atomic E-state index is 12.1. The van der Waals surface area contributed by atoms with Gasteiger partial charge in [0.05, 0.1) is 6.20 Å². The molecule has 3 rings (SSSR count). The van der Waals surface area contributed by atoms with E-state index in [0.717, 1.165) is 5.56 Å². The van der Waals surface area contributed by atoms with Crippen LogP contribution in [0.25, 0.3) is 10.9 Å². The molecular formula is C14H12N4O2. The summed E-state index contributed by atoms with van der Waals surface area (Å²) in [5.74, 6) is 0.129. The van der Waals surface area contributed by atoms with Crippen molar-refractivity contribution in [3.63, 3.8) is 0 Å². The molecule has 0 aliphatic rings. The maximum Gasteiger partial charge on any atom is 0.273 e. The van der Waals surface area contributed by atoms with Crippen molar-refractivity contribution >= 4 is 22.6 Å². The van der Waals surface area contributed by atoms with E-state index in [4.69, 9.17) is 0 Å². The van der Waals surface area contributed by atoms with Crippen LogP contribution in [0.15, 0.2) is 41.3 Å². The molecule has 0 aliphatic heterocycles. The number of carbonyl (C=O) groups excluding carboxylic acids is 1. The predicted molar refractivity (Wildman–Crippen MR) is 75.8 cm³/mol. The first-order chi connectivity index (χ1) is 9.65. The number of anilines is 1. The Labute approximate surface area is 113 Å². The summed E-state index contributed by atoms with van der Waals surface area (Å²) < 4.78 is 0. The number of aryl methyl sites for hydroxylation is 1. The number of para-hydroxylation sites is 1. The molecule has 3 aromatic rings. The van der Waals surface area contributed by atoms with Crippen molar-refractivity contribution in [1.82, 2.24) is 15.2 Å². The average Bonchev–Trinajstić information content (AvgIpc) is 2.84. The number of aromatic nitrogens is 3. The molecule has 2 aromatic heterocycles. The van der Waals surface area contributed by atoms with Gasteiger partial charge in [-0.05, 0) is 19.1 Å². The molecule has 0 radical (unpaired) electrons. The number of hydrogen-bond donors (Lipinski definition) is 3. The van der Waals surface area contributed by atoms with Crippen LogP contribution >= 0.6 is 0 Å². The van der Waals surface area contributed by atoms with E-state index in [9.17, 15) is 9.59 Å². The first-order valence-corrected chi connectivity index (χ1v) is 6.08. The van der Waals surface area contributed by atoms with E-state index in [1.807, 2.05) is 6.92 Å². The predicted octanol–water partition coefficient (Wildman–Crippen LogP) is 1.81. The number of pyridine rings is 1. The van der Waals surface area contributed by atoms with Gasteiger partial charge in [0.15, 0.2) is 5.43 Å². The van der Waals surface area contributed by atoms with Crippen molar-refractivity contribution in [3.8, 4) is 0 Å². The fourth-order valence-electron chi connectivity index (χ4n) is 1.97. The average molecular weight is 268 g/mol. The van der Waals surface area contributed by atoms with Gasteiger partial charge in [-0.1, -0.05) is 12.1 Å². The smallest absolute Gasteiger partial charge is 0.273 e. The van der Waals surface area contributed by atoms with E-state index in [1.165, 1.54) is 6.07 Å². The molecule has 6 nitrogen and oxygen atoms in total. The highest BCUT2D eigenvalue weighted by atomic mass is 16.2. The van der Waals surface area contributed by atoms with Crippen molar-refractivity contribution in [3.05, 3.63) is 58.0 Å². The summed E-state index contributed by atoms with van der Waals surface area (Å²) >= 11 is 0.